The predicted octanol–water partition coefficient (Wildman–Crippen LogP) is 4.24. The monoisotopic (exact) mass is 245 g/mol. The smallest absolute Gasteiger partial charge is 0.0236 e. The van der Waals surface area contributed by atoms with Crippen molar-refractivity contribution >= 4 is 0 Å². The third kappa shape index (κ3) is 3.35. The molecule has 1 heterocycles. The summed E-state index contributed by atoms with van der Waals surface area (Å²) in [5.74, 6) is 0. The molecule has 1 aromatic rings. The lowest BCUT2D eigenvalue weighted by Gasteiger charge is -2.27. The second-order valence-electron chi connectivity index (χ2n) is 5.79. The molecular formula is C17H27N. The van der Waals surface area contributed by atoms with E-state index < -0.39 is 0 Å². The van der Waals surface area contributed by atoms with Gasteiger partial charge in [0.1, 0.15) is 0 Å². The summed E-state index contributed by atoms with van der Waals surface area (Å²) in [4.78, 5) is 2.63. The van der Waals surface area contributed by atoms with Crippen molar-refractivity contribution in [3.05, 3.63) is 34.4 Å². The maximum Gasteiger partial charge on any atom is 0.0236 e. The molecule has 0 aliphatic carbocycles. The van der Waals surface area contributed by atoms with Gasteiger partial charge in [-0.05, 0) is 68.5 Å². The van der Waals surface area contributed by atoms with Crippen molar-refractivity contribution in [2.45, 2.75) is 59.4 Å². The van der Waals surface area contributed by atoms with Crippen LogP contribution in [0.1, 0.15) is 54.9 Å². The molecule has 1 heteroatoms. The molecule has 0 spiro atoms. The Kier molecular flexibility index (Phi) is 4.82. The molecule has 0 saturated carbocycles. The third-order valence-corrected chi connectivity index (χ3v) is 4.18. The molecule has 0 aromatic heterocycles. The van der Waals surface area contributed by atoms with Crippen molar-refractivity contribution in [3.8, 4) is 0 Å². The van der Waals surface area contributed by atoms with Crippen LogP contribution in [0.15, 0.2) is 12.1 Å². The Hall–Kier alpha value is -0.820. The zero-order valence-electron chi connectivity index (χ0n) is 12.3. The number of hydrogen-bond acceptors (Lipinski definition) is 1. The number of rotatable bonds is 4. The van der Waals surface area contributed by atoms with E-state index in [0.717, 1.165) is 6.54 Å². The Morgan fingerprint density at radius 1 is 0.944 bits per heavy atom. The summed E-state index contributed by atoms with van der Waals surface area (Å²) in [5, 5.41) is 0. The minimum absolute atomic E-state index is 1.16. The molecule has 0 atom stereocenters. The normalized spacial score (nSPS) is 17.1. The van der Waals surface area contributed by atoms with E-state index in [2.05, 4.69) is 37.8 Å². The molecule has 1 nitrogen and oxygen atoms in total. The lowest BCUT2D eigenvalue weighted by Crippen LogP contribution is -2.29. The van der Waals surface area contributed by atoms with Gasteiger partial charge in [-0.2, -0.15) is 0 Å². The van der Waals surface area contributed by atoms with Crippen LogP contribution < -0.4 is 0 Å². The summed E-state index contributed by atoms with van der Waals surface area (Å²) in [6, 6.07) is 4.84. The first-order chi connectivity index (χ1) is 8.70. The standard InChI is InChI=1S/C17H27N/c1-4-8-16-11-14(2)15(3)12-17(16)13-18-9-6-5-7-10-18/h11-12H,4-10,13H2,1-3H3. The third-order valence-electron chi connectivity index (χ3n) is 4.18. The number of piperidine rings is 1. The topological polar surface area (TPSA) is 3.24 Å². The van der Waals surface area contributed by atoms with Crippen LogP contribution in [-0.2, 0) is 13.0 Å². The SMILES string of the molecule is CCCc1cc(C)c(C)cc1CN1CCCCC1. The molecule has 1 aromatic carbocycles. The van der Waals surface area contributed by atoms with Crippen LogP contribution in [0.2, 0.25) is 0 Å². The Labute approximate surface area is 112 Å². The summed E-state index contributed by atoms with van der Waals surface area (Å²) in [6.07, 6.45) is 6.66. The average molecular weight is 245 g/mol. The van der Waals surface area contributed by atoms with Gasteiger partial charge >= 0.3 is 0 Å². The summed E-state index contributed by atoms with van der Waals surface area (Å²) < 4.78 is 0. The fourth-order valence-electron chi connectivity index (χ4n) is 2.94. The van der Waals surface area contributed by atoms with E-state index in [-0.39, 0.29) is 0 Å². The van der Waals surface area contributed by atoms with Crippen molar-refractivity contribution in [3.63, 3.8) is 0 Å². The van der Waals surface area contributed by atoms with Crippen LogP contribution in [0.3, 0.4) is 0 Å². The largest absolute Gasteiger partial charge is 0.299 e. The Morgan fingerprint density at radius 2 is 1.56 bits per heavy atom. The first kappa shape index (κ1) is 13.6. The van der Waals surface area contributed by atoms with Crippen LogP contribution in [-0.4, -0.2) is 18.0 Å². The minimum Gasteiger partial charge on any atom is -0.299 e. The highest BCUT2D eigenvalue weighted by Crippen LogP contribution is 2.21. The highest BCUT2D eigenvalue weighted by molar-refractivity contribution is 5.37. The van der Waals surface area contributed by atoms with Gasteiger partial charge in [-0.3, -0.25) is 4.90 Å². The van der Waals surface area contributed by atoms with Crippen LogP contribution in [0.4, 0.5) is 0 Å². The maximum atomic E-state index is 2.63. The highest BCUT2D eigenvalue weighted by atomic mass is 15.1. The molecule has 1 fully saturated rings. The van der Waals surface area contributed by atoms with Crippen molar-refractivity contribution in [1.82, 2.24) is 4.90 Å². The van der Waals surface area contributed by atoms with Gasteiger partial charge < -0.3 is 0 Å². The zero-order chi connectivity index (χ0) is 13.0. The first-order valence-corrected chi connectivity index (χ1v) is 7.52. The molecule has 0 bridgehead atoms. The molecular weight excluding hydrogens is 218 g/mol. The fraction of sp³-hybridized carbons (Fsp3) is 0.647. The van der Waals surface area contributed by atoms with Crippen LogP contribution in [0, 0.1) is 13.8 Å². The fourth-order valence-corrected chi connectivity index (χ4v) is 2.94. The number of aryl methyl sites for hydroxylation is 3. The number of benzene rings is 1. The number of nitrogens with zero attached hydrogens (tertiary/aromatic N) is 1. The van der Waals surface area contributed by atoms with Crippen LogP contribution in [0.5, 0.6) is 0 Å². The molecule has 100 valence electrons. The van der Waals surface area contributed by atoms with E-state index >= 15 is 0 Å². The zero-order valence-corrected chi connectivity index (χ0v) is 12.3. The van der Waals surface area contributed by atoms with Gasteiger partial charge in [0.05, 0.1) is 0 Å². The molecule has 1 saturated heterocycles. The van der Waals surface area contributed by atoms with Crippen LogP contribution >= 0.6 is 0 Å². The van der Waals surface area contributed by atoms with E-state index in [1.807, 2.05) is 0 Å². The summed E-state index contributed by atoms with van der Waals surface area (Å²) in [6.45, 7) is 10.5. The summed E-state index contributed by atoms with van der Waals surface area (Å²) in [5.41, 5.74) is 6.04. The molecule has 1 aliphatic rings. The van der Waals surface area contributed by atoms with Gasteiger partial charge in [-0.15, -0.1) is 0 Å². The van der Waals surface area contributed by atoms with Gasteiger partial charge in [0, 0.05) is 6.54 Å². The minimum atomic E-state index is 1.16. The maximum absolute atomic E-state index is 2.63. The lowest BCUT2D eigenvalue weighted by molar-refractivity contribution is 0.220. The Bertz CT molecular complexity index is 389. The number of hydrogen-bond donors (Lipinski definition) is 0. The lowest BCUT2D eigenvalue weighted by atomic mass is 9.96. The molecule has 0 unspecified atom stereocenters. The molecule has 0 radical (unpaired) electrons. The van der Waals surface area contributed by atoms with Crippen molar-refractivity contribution < 1.29 is 0 Å². The van der Waals surface area contributed by atoms with Crippen LogP contribution in [0.25, 0.3) is 0 Å². The molecule has 0 N–H and O–H groups in total. The van der Waals surface area contributed by atoms with E-state index in [1.165, 1.54) is 56.3 Å². The molecule has 1 aliphatic heterocycles. The Balaban J connectivity index is 2.16. The average Bonchev–Trinajstić information content (AvgIpc) is 2.37. The number of likely N-dealkylation sites (tertiary alicyclic amines) is 1. The Morgan fingerprint density at radius 3 is 2.17 bits per heavy atom. The highest BCUT2D eigenvalue weighted by Gasteiger charge is 2.13. The van der Waals surface area contributed by atoms with E-state index in [4.69, 9.17) is 0 Å². The van der Waals surface area contributed by atoms with Crippen molar-refractivity contribution in [1.29, 1.82) is 0 Å². The summed E-state index contributed by atoms with van der Waals surface area (Å²) >= 11 is 0. The molecule has 0 amide bonds. The van der Waals surface area contributed by atoms with E-state index in [9.17, 15) is 0 Å². The molecule has 18 heavy (non-hydrogen) atoms. The second-order valence-corrected chi connectivity index (χ2v) is 5.79. The van der Waals surface area contributed by atoms with Crippen molar-refractivity contribution in [2.75, 3.05) is 13.1 Å². The predicted molar refractivity (Wildman–Crippen MR) is 79.0 cm³/mol. The van der Waals surface area contributed by atoms with Crippen molar-refractivity contribution in [2.24, 2.45) is 0 Å². The quantitative estimate of drug-likeness (QED) is 0.767. The van der Waals surface area contributed by atoms with Gasteiger partial charge in [-0.25, -0.2) is 0 Å². The second kappa shape index (κ2) is 6.38. The first-order valence-electron chi connectivity index (χ1n) is 7.52. The van der Waals surface area contributed by atoms with Gasteiger partial charge in [0.2, 0.25) is 0 Å². The van der Waals surface area contributed by atoms with Gasteiger partial charge in [0.15, 0.2) is 0 Å². The van der Waals surface area contributed by atoms with E-state index in [1.54, 1.807) is 11.1 Å². The van der Waals surface area contributed by atoms with Gasteiger partial charge in [0.25, 0.3) is 0 Å². The van der Waals surface area contributed by atoms with Gasteiger partial charge in [-0.1, -0.05) is 31.9 Å². The van der Waals surface area contributed by atoms with E-state index in [0.29, 0.717) is 0 Å². The summed E-state index contributed by atoms with van der Waals surface area (Å²) in [7, 11) is 0. The molecule has 2 rings (SSSR count).